The molecule has 0 bridgehead atoms. The highest BCUT2D eigenvalue weighted by Crippen LogP contribution is 2.28. The first-order valence-corrected chi connectivity index (χ1v) is 8.25. The number of likely N-dealkylation sites (tertiary alicyclic amines) is 1. The molecule has 1 aromatic rings. The van der Waals surface area contributed by atoms with Gasteiger partial charge >= 0.3 is 12.0 Å². The number of carboxylic acid groups (broad SMARTS) is 1. The Kier molecular flexibility index (Phi) is 4.62. The molecule has 0 aliphatic carbocycles. The second kappa shape index (κ2) is 6.68. The Labute approximate surface area is 144 Å². The standard InChI is InChI=1S/C16H18ClN3O4/c17-12-5-4-10(19-8-6-18-16(19)24)9-11(12)14(21)20-7-2-1-3-13(20)15(22)23/h4-5,9,13H,1-3,6-8H2,(H,18,24)(H,22,23). The largest absolute Gasteiger partial charge is 0.480 e. The van der Waals surface area contributed by atoms with E-state index in [2.05, 4.69) is 5.32 Å². The lowest BCUT2D eigenvalue weighted by atomic mass is 10.0. The molecule has 2 aliphatic rings. The fourth-order valence-electron chi connectivity index (χ4n) is 3.15. The Morgan fingerprint density at radius 2 is 2.04 bits per heavy atom. The zero-order valence-corrected chi connectivity index (χ0v) is 13.8. The van der Waals surface area contributed by atoms with Gasteiger partial charge in [-0.2, -0.15) is 0 Å². The minimum Gasteiger partial charge on any atom is -0.480 e. The van der Waals surface area contributed by atoms with Gasteiger partial charge in [-0.3, -0.25) is 9.69 Å². The summed E-state index contributed by atoms with van der Waals surface area (Å²) in [6.07, 6.45) is 1.98. The summed E-state index contributed by atoms with van der Waals surface area (Å²) in [6, 6.07) is 3.74. The number of hydrogen-bond donors (Lipinski definition) is 2. The number of carbonyl (C=O) groups excluding carboxylic acids is 2. The molecule has 1 atom stereocenters. The number of carboxylic acids is 1. The molecule has 8 heteroatoms. The first-order chi connectivity index (χ1) is 11.5. The van der Waals surface area contributed by atoms with Crippen LogP contribution in [0.25, 0.3) is 0 Å². The third-order valence-electron chi connectivity index (χ3n) is 4.40. The molecular weight excluding hydrogens is 334 g/mol. The van der Waals surface area contributed by atoms with Gasteiger partial charge in [0.25, 0.3) is 5.91 Å². The van der Waals surface area contributed by atoms with Crippen LogP contribution in [0.3, 0.4) is 0 Å². The van der Waals surface area contributed by atoms with E-state index in [1.165, 1.54) is 9.80 Å². The van der Waals surface area contributed by atoms with Crippen LogP contribution in [0.5, 0.6) is 0 Å². The van der Waals surface area contributed by atoms with Gasteiger partial charge in [-0.25, -0.2) is 9.59 Å². The smallest absolute Gasteiger partial charge is 0.326 e. The minimum absolute atomic E-state index is 0.224. The highest BCUT2D eigenvalue weighted by molar-refractivity contribution is 6.34. The van der Waals surface area contributed by atoms with E-state index in [0.29, 0.717) is 31.7 Å². The summed E-state index contributed by atoms with van der Waals surface area (Å²) < 4.78 is 0. The lowest BCUT2D eigenvalue weighted by Crippen LogP contribution is -2.48. The lowest BCUT2D eigenvalue weighted by Gasteiger charge is -2.33. The summed E-state index contributed by atoms with van der Waals surface area (Å²) in [7, 11) is 0. The van der Waals surface area contributed by atoms with E-state index in [4.69, 9.17) is 11.6 Å². The number of rotatable bonds is 3. The van der Waals surface area contributed by atoms with E-state index in [9.17, 15) is 19.5 Å². The maximum absolute atomic E-state index is 12.8. The number of aliphatic carboxylic acids is 1. The number of carbonyl (C=O) groups is 3. The van der Waals surface area contributed by atoms with Crippen LogP contribution in [0.2, 0.25) is 5.02 Å². The zero-order valence-electron chi connectivity index (χ0n) is 13.0. The van der Waals surface area contributed by atoms with Crippen molar-refractivity contribution >= 4 is 35.2 Å². The molecule has 2 fully saturated rings. The van der Waals surface area contributed by atoms with Crippen LogP contribution in [0.4, 0.5) is 10.5 Å². The molecule has 2 saturated heterocycles. The van der Waals surface area contributed by atoms with Crippen molar-refractivity contribution in [3.05, 3.63) is 28.8 Å². The Hall–Kier alpha value is -2.28. The maximum atomic E-state index is 12.8. The van der Waals surface area contributed by atoms with E-state index in [0.717, 1.165) is 12.8 Å². The van der Waals surface area contributed by atoms with Crippen LogP contribution in [0.1, 0.15) is 29.6 Å². The van der Waals surface area contributed by atoms with Crippen molar-refractivity contribution in [3.63, 3.8) is 0 Å². The second-order valence-corrected chi connectivity index (χ2v) is 6.30. The summed E-state index contributed by atoms with van der Waals surface area (Å²) in [5, 5.41) is 12.3. The summed E-state index contributed by atoms with van der Waals surface area (Å²) in [6.45, 7) is 1.44. The van der Waals surface area contributed by atoms with Crippen LogP contribution in [0, 0.1) is 0 Å². The number of piperidine rings is 1. The summed E-state index contributed by atoms with van der Waals surface area (Å²) >= 11 is 6.17. The molecule has 1 unspecified atom stereocenters. The molecule has 0 spiro atoms. The normalized spacial score (nSPS) is 20.9. The molecule has 3 amide bonds. The minimum atomic E-state index is -1.01. The monoisotopic (exact) mass is 351 g/mol. The van der Waals surface area contributed by atoms with Crippen LogP contribution < -0.4 is 10.2 Å². The van der Waals surface area contributed by atoms with Crippen LogP contribution >= 0.6 is 11.6 Å². The van der Waals surface area contributed by atoms with Gasteiger partial charge in [0.2, 0.25) is 0 Å². The average Bonchev–Trinajstić information content (AvgIpc) is 3.00. The van der Waals surface area contributed by atoms with Gasteiger partial charge in [-0.1, -0.05) is 11.6 Å². The Morgan fingerprint density at radius 3 is 2.71 bits per heavy atom. The lowest BCUT2D eigenvalue weighted by molar-refractivity contribution is -0.143. The van der Waals surface area contributed by atoms with E-state index in [-0.39, 0.29) is 16.6 Å². The summed E-state index contributed by atoms with van der Waals surface area (Å²) in [5.74, 6) is -1.41. The Balaban J connectivity index is 1.91. The van der Waals surface area contributed by atoms with Crippen LogP contribution in [0.15, 0.2) is 18.2 Å². The maximum Gasteiger partial charge on any atom is 0.326 e. The molecule has 2 aliphatic heterocycles. The summed E-state index contributed by atoms with van der Waals surface area (Å²) in [4.78, 5) is 38.9. The fourth-order valence-corrected chi connectivity index (χ4v) is 3.35. The van der Waals surface area contributed by atoms with E-state index < -0.39 is 17.9 Å². The highest BCUT2D eigenvalue weighted by Gasteiger charge is 2.33. The van der Waals surface area contributed by atoms with Gasteiger partial charge in [-0.15, -0.1) is 0 Å². The molecule has 0 saturated carbocycles. The number of amides is 3. The predicted molar refractivity (Wildman–Crippen MR) is 88.5 cm³/mol. The Bertz CT molecular complexity index is 694. The predicted octanol–water partition coefficient (Wildman–Crippen LogP) is 1.95. The SMILES string of the molecule is O=C(O)C1CCCCN1C(=O)c1cc(N2CCNC2=O)ccc1Cl. The molecule has 7 nitrogen and oxygen atoms in total. The second-order valence-electron chi connectivity index (χ2n) is 5.90. The van der Waals surface area contributed by atoms with Crippen molar-refractivity contribution in [1.82, 2.24) is 10.2 Å². The number of nitrogens with one attached hydrogen (secondary N) is 1. The summed E-state index contributed by atoms with van der Waals surface area (Å²) in [5.41, 5.74) is 0.795. The van der Waals surface area contributed by atoms with Gasteiger partial charge in [0, 0.05) is 25.3 Å². The zero-order chi connectivity index (χ0) is 17.3. The van der Waals surface area contributed by atoms with Crippen molar-refractivity contribution in [2.75, 3.05) is 24.5 Å². The van der Waals surface area contributed by atoms with E-state index in [1.54, 1.807) is 18.2 Å². The van der Waals surface area contributed by atoms with Crippen molar-refractivity contribution in [2.24, 2.45) is 0 Å². The quantitative estimate of drug-likeness (QED) is 0.871. The molecular formula is C16H18ClN3O4. The number of benzene rings is 1. The molecule has 3 rings (SSSR count). The molecule has 2 heterocycles. The van der Waals surface area contributed by atoms with Crippen molar-refractivity contribution in [2.45, 2.75) is 25.3 Å². The molecule has 0 aromatic heterocycles. The average molecular weight is 352 g/mol. The number of nitrogens with zero attached hydrogens (tertiary/aromatic N) is 2. The number of halogens is 1. The number of urea groups is 1. The fraction of sp³-hybridized carbons (Fsp3) is 0.438. The molecule has 1 aromatic carbocycles. The van der Waals surface area contributed by atoms with Crippen molar-refractivity contribution in [3.8, 4) is 0 Å². The molecule has 128 valence electrons. The van der Waals surface area contributed by atoms with Gasteiger partial charge in [0.15, 0.2) is 0 Å². The Morgan fingerprint density at radius 1 is 1.25 bits per heavy atom. The van der Waals surface area contributed by atoms with Gasteiger partial charge < -0.3 is 15.3 Å². The highest BCUT2D eigenvalue weighted by atomic mass is 35.5. The van der Waals surface area contributed by atoms with E-state index >= 15 is 0 Å². The number of anilines is 1. The third kappa shape index (κ3) is 3.03. The first kappa shape index (κ1) is 16.6. The van der Waals surface area contributed by atoms with Crippen molar-refractivity contribution < 1.29 is 19.5 Å². The third-order valence-corrected chi connectivity index (χ3v) is 4.73. The van der Waals surface area contributed by atoms with Crippen LogP contribution in [-0.2, 0) is 4.79 Å². The first-order valence-electron chi connectivity index (χ1n) is 7.87. The van der Waals surface area contributed by atoms with Crippen molar-refractivity contribution in [1.29, 1.82) is 0 Å². The van der Waals surface area contributed by atoms with E-state index in [1.807, 2.05) is 0 Å². The van der Waals surface area contributed by atoms with Gasteiger partial charge in [0.1, 0.15) is 6.04 Å². The van der Waals surface area contributed by atoms with Gasteiger partial charge in [-0.05, 0) is 37.5 Å². The molecule has 2 N–H and O–H groups in total. The number of hydrogen-bond acceptors (Lipinski definition) is 3. The van der Waals surface area contributed by atoms with Gasteiger partial charge in [0.05, 0.1) is 10.6 Å². The topological polar surface area (TPSA) is 89.9 Å². The molecule has 24 heavy (non-hydrogen) atoms. The molecule has 0 radical (unpaired) electrons. The van der Waals surface area contributed by atoms with Crippen LogP contribution in [-0.4, -0.2) is 53.6 Å².